The molecular formula is C20H20ClN5O. The molecule has 1 aromatic carbocycles. The summed E-state index contributed by atoms with van der Waals surface area (Å²) in [7, 11) is 0. The van der Waals surface area contributed by atoms with Crippen LogP contribution in [0.2, 0.25) is 5.15 Å². The molecule has 0 spiro atoms. The zero-order valence-corrected chi connectivity index (χ0v) is 15.8. The fraction of sp³-hybridized carbons (Fsp3) is 0.300. The van der Waals surface area contributed by atoms with E-state index in [0.717, 1.165) is 54.3 Å². The second kappa shape index (κ2) is 7.98. The Kier molecular flexibility index (Phi) is 5.27. The van der Waals surface area contributed by atoms with Crippen molar-refractivity contribution in [2.45, 2.75) is 25.8 Å². The zero-order valence-electron chi connectivity index (χ0n) is 15.0. The number of fused-ring (bicyclic) bond motifs is 1. The van der Waals surface area contributed by atoms with E-state index in [1.807, 2.05) is 43.3 Å². The van der Waals surface area contributed by atoms with Crippen LogP contribution in [0.5, 0.6) is 0 Å². The number of aromatic nitrogens is 4. The number of rotatable bonds is 4. The van der Waals surface area contributed by atoms with Crippen molar-refractivity contribution in [2.75, 3.05) is 18.5 Å². The van der Waals surface area contributed by atoms with Crippen LogP contribution in [0.25, 0.3) is 23.2 Å². The van der Waals surface area contributed by atoms with Gasteiger partial charge >= 0.3 is 0 Å². The Bertz CT molecular complexity index is 985. The van der Waals surface area contributed by atoms with Gasteiger partial charge in [0.2, 0.25) is 0 Å². The van der Waals surface area contributed by atoms with Crippen molar-refractivity contribution in [1.29, 1.82) is 0 Å². The van der Waals surface area contributed by atoms with Gasteiger partial charge in [0.05, 0.1) is 22.4 Å². The van der Waals surface area contributed by atoms with Crippen molar-refractivity contribution in [3.63, 3.8) is 0 Å². The standard InChI is InChI=1S/C20H20ClN5O/c1-13-15(24-17-5-3-2-4-16(17)22-13)6-7-19-25-18(21)12-20(26-19)23-14-8-10-27-11-9-14/h2-7,12,14H,8-11H2,1H3,(H,23,25,26)/b7-6+. The SMILES string of the molecule is Cc1nc2ccccc2nc1/C=C/c1nc(Cl)cc(NC2CCOCC2)n1. The molecule has 1 aliphatic heterocycles. The molecule has 0 amide bonds. The minimum Gasteiger partial charge on any atom is -0.381 e. The summed E-state index contributed by atoms with van der Waals surface area (Å²) >= 11 is 6.18. The van der Waals surface area contributed by atoms with Gasteiger partial charge in [0.15, 0.2) is 5.82 Å². The molecule has 27 heavy (non-hydrogen) atoms. The normalized spacial score (nSPS) is 15.5. The summed E-state index contributed by atoms with van der Waals surface area (Å²) < 4.78 is 5.39. The maximum atomic E-state index is 6.18. The van der Waals surface area contributed by atoms with E-state index in [1.54, 1.807) is 6.07 Å². The van der Waals surface area contributed by atoms with Crippen molar-refractivity contribution >= 4 is 40.6 Å². The molecule has 1 saturated heterocycles. The molecule has 0 aliphatic carbocycles. The highest BCUT2D eigenvalue weighted by molar-refractivity contribution is 6.29. The highest BCUT2D eigenvalue weighted by atomic mass is 35.5. The van der Waals surface area contributed by atoms with E-state index < -0.39 is 0 Å². The maximum Gasteiger partial charge on any atom is 0.156 e. The Balaban J connectivity index is 1.57. The summed E-state index contributed by atoms with van der Waals surface area (Å²) in [4.78, 5) is 18.1. The summed E-state index contributed by atoms with van der Waals surface area (Å²) in [5.74, 6) is 1.26. The van der Waals surface area contributed by atoms with E-state index in [9.17, 15) is 0 Å². The van der Waals surface area contributed by atoms with Crippen molar-refractivity contribution < 1.29 is 4.74 Å². The van der Waals surface area contributed by atoms with Crippen LogP contribution in [0, 0.1) is 6.92 Å². The van der Waals surface area contributed by atoms with Crippen LogP contribution >= 0.6 is 11.6 Å². The molecule has 0 unspecified atom stereocenters. The summed E-state index contributed by atoms with van der Waals surface area (Å²) in [6.45, 7) is 3.47. The fourth-order valence-electron chi connectivity index (χ4n) is 3.05. The number of hydrogen-bond acceptors (Lipinski definition) is 6. The van der Waals surface area contributed by atoms with Gasteiger partial charge in [0, 0.05) is 25.3 Å². The first-order valence-electron chi connectivity index (χ1n) is 8.98. The lowest BCUT2D eigenvalue weighted by molar-refractivity contribution is 0.0904. The first-order valence-corrected chi connectivity index (χ1v) is 9.35. The molecule has 138 valence electrons. The van der Waals surface area contributed by atoms with Gasteiger partial charge in [-0.3, -0.25) is 0 Å². The predicted molar refractivity (Wildman–Crippen MR) is 108 cm³/mol. The molecule has 7 heteroatoms. The summed E-state index contributed by atoms with van der Waals surface area (Å²) in [6.07, 6.45) is 5.60. The number of ether oxygens (including phenoxy) is 1. The molecule has 1 fully saturated rings. The molecule has 0 saturated carbocycles. The minimum atomic E-state index is 0.343. The predicted octanol–water partition coefficient (Wildman–Crippen LogP) is 4.14. The fourth-order valence-corrected chi connectivity index (χ4v) is 3.24. The van der Waals surface area contributed by atoms with Crippen LogP contribution in [0.15, 0.2) is 30.3 Å². The molecule has 0 bridgehead atoms. The lowest BCUT2D eigenvalue weighted by Crippen LogP contribution is -2.28. The Hall–Kier alpha value is -2.57. The molecule has 3 aromatic rings. The number of para-hydroxylation sites is 2. The molecular weight excluding hydrogens is 362 g/mol. The molecule has 6 nitrogen and oxygen atoms in total. The third-order valence-corrected chi connectivity index (χ3v) is 4.65. The second-order valence-electron chi connectivity index (χ2n) is 6.48. The first-order chi connectivity index (χ1) is 13.2. The monoisotopic (exact) mass is 381 g/mol. The zero-order chi connectivity index (χ0) is 18.6. The third kappa shape index (κ3) is 4.40. The van der Waals surface area contributed by atoms with Gasteiger partial charge in [-0.15, -0.1) is 0 Å². The van der Waals surface area contributed by atoms with E-state index in [0.29, 0.717) is 17.0 Å². The number of benzene rings is 1. The smallest absolute Gasteiger partial charge is 0.156 e. The largest absolute Gasteiger partial charge is 0.381 e. The van der Waals surface area contributed by atoms with Gasteiger partial charge in [-0.2, -0.15) is 0 Å². The van der Waals surface area contributed by atoms with E-state index in [1.165, 1.54) is 0 Å². The topological polar surface area (TPSA) is 72.8 Å². The molecule has 3 heterocycles. The number of aryl methyl sites for hydroxylation is 1. The van der Waals surface area contributed by atoms with Gasteiger partial charge in [-0.1, -0.05) is 23.7 Å². The van der Waals surface area contributed by atoms with E-state index in [-0.39, 0.29) is 0 Å². The van der Waals surface area contributed by atoms with Gasteiger partial charge in [-0.25, -0.2) is 19.9 Å². The average Bonchev–Trinajstić information content (AvgIpc) is 2.67. The quantitative estimate of drug-likeness (QED) is 0.684. The summed E-state index contributed by atoms with van der Waals surface area (Å²) in [5, 5.41) is 3.82. The van der Waals surface area contributed by atoms with Crippen molar-refractivity contribution in [3.05, 3.63) is 52.7 Å². The highest BCUT2D eigenvalue weighted by Crippen LogP contribution is 2.18. The Morgan fingerprint density at radius 2 is 1.78 bits per heavy atom. The average molecular weight is 382 g/mol. The second-order valence-corrected chi connectivity index (χ2v) is 6.87. The highest BCUT2D eigenvalue weighted by Gasteiger charge is 2.14. The molecule has 1 aliphatic rings. The van der Waals surface area contributed by atoms with E-state index in [2.05, 4.69) is 25.3 Å². The Morgan fingerprint density at radius 1 is 1.04 bits per heavy atom. The van der Waals surface area contributed by atoms with Crippen LogP contribution in [0.1, 0.15) is 30.1 Å². The Labute approximate surface area is 162 Å². The first kappa shape index (κ1) is 17.8. The lowest BCUT2D eigenvalue weighted by Gasteiger charge is -2.23. The van der Waals surface area contributed by atoms with Crippen LogP contribution < -0.4 is 5.32 Å². The van der Waals surface area contributed by atoms with Crippen molar-refractivity contribution in [2.24, 2.45) is 0 Å². The number of hydrogen-bond donors (Lipinski definition) is 1. The number of anilines is 1. The molecule has 0 atom stereocenters. The molecule has 1 N–H and O–H groups in total. The van der Waals surface area contributed by atoms with Gasteiger partial charge in [0.25, 0.3) is 0 Å². The molecule has 0 radical (unpaired) electrons. The summed E-state index contributed by atoms with van der Waals surface area (Å²) in [6, 6.07) is 9.90. The van der Waals surface area contributed by atoms with E-state index >= 15 is 0 Å². The molecule has 4 rings (SSSR count). The maximum absolute atomic E-state index is 6.18. The number of nitrogens with zero attached hydrogens (tertiary/aromatic N) is 4. The number of halogens is 1. The van der Waals surface area contributed by atoms with Crippen LogP contribution in [-0.4, -0.2) is 39.2 Å². The van der Waals surface area contributed by atoms with Crippen LogP contribution in [-0.2, 0) is 4.74 Å². The van der Waals surface area contributed by atoms with Crippen LogP contribution in [0.3, 0.4) is 0 Å². The van der Waals surface area contributed by atoms with Crippen molar-refractivity contribution in [3.8, 4) is 0 Å². The Morgan fingerprint density at radius 3 is 2.56 bits per heavy atom. The van der Waals surface area contributed by atoms with Gasteiger partial charge in [0.1, 0.15) is 11.0 Å². The van der Waals surface area contributed by atoms with Gasteiger partial charge < -0.3 is 10.1 Å². The van der Waals surface area contributed by atoms with Gasteiger partial charge in [-0.05, 0) is 44.1 Å². The third-order valence-electron chi connectivity index (χ3n) is 4.46. The molecule has 2 aromatic heterocycles. The minimum absolute atomic E-state index is 0.343. The number of nitrogens with one attached hydrogen (secondary N) is 1. The lowest BCUT2D eigenvalue weighted by atomic mass is 10.1. The van der Waals surface area contributed by atoms with E-state index in [4.69, 9.17) is 16.3 Å². The summed E-state index contributed by atoms with van der Waals surface area (Å²) in [5.41, 5.74) is 3.38. The van der Waals surface area contributed by atoms with Crippen LogP contribution in [0.4, 0.5) is 5.82 Å². The van der Waals surface area contributed by atoms with Crippen molar-refractivity contribution in [1.82, 2.24) is 19.9 Å².